The highest BCUT2D eigenvalue weighted by molar-refractivity contribution is 5.68. The number of benzene rings is 2. The van der Waals surface area contributed by atoms with E-state index in [1.807, 2.05) is 37.3 Å². The van der Waals surface area contributed by atoms with E-state index in [2.05, 4.69) is 0 Å². The minimum Gasteiger partial charge on any atom is -0.508 e. The molecule has 2 unspecified atom stereocenters. The maximum absolute atomic E-state index is 10.5. The smallest absolute Gasteiger partial charge is 0.304 e. The van der Waals surface area contributed by atoms with Crippen LogP contribution >= 0.6 is 0 Å². The predicted octanol–water partition coefficient (Wildman–Crippen LogP) is 3.05. The van der Waals surface area contributed by atoms with Crippen LogP contribution in [0.2, 0.25) is 0 Å². The van der Waals surface area contributed by atoms with Gasteiger partial charge in [0.1, 0.15) is 11.5 Å². The van der Waals surface area contributed by atoms with E-state index in [0.29, 0.717) is 12.4 Å². The van der Waals surface area contributed by atoms with Crippen molar-refractivity contribution in [1.82, 2.24) is 0 Å². The van der Waals surface area contributed by atoms with Crippen molar-refractivity contribution in [3.8, 4) is 11.5 Å². The average molecular weight is 315 g/mol. The van der Waals surface area contributed by atoms with Crippen LogP contribution in [0.5, 0.6) is 11.5 Å². The number of aromatic hydroxyl groups is 1. The molecule has 0 saturated carbocycles. The van der Waals surface area contributed by atoms with E-state index in [9.17, 15) is 4.79 Å². The van der Waals surface area contributed by atoms with Gasteiger partial charge in [-0.3, -0.25) is 4.79 Å². The molecule has 0 amide bonds. The Bertz CT molecular complexity index is 655. The molecule has 2 aromatic carbocycles. The summed E-state index contributed by atoms with van der Waals surface area (Å²) in [6, 6.07) is 15.0. The number of fused-ring (bicyclic) bond motifs is 1. The Labute approximate surface area is 135 Å². The fourth-order valence-corrected chi connectivity index (χ4v) is 2.40. The van der Waals surface area contributed by atoms with Crippen LogP contribution < -0.4 is 10.5 Å². The van der Waals surface area contributed by atoms with E-state index in [1.54, 1.807) is 12.1 Å². The van der Waals surface area contributed by atoms with E-state index < -0.39 is 5.97 Å². The largest absolute Gasteiger partial charge is 0.508 e. The molecule has 3 rings (SSSR count). The lowest BCUT2D eigenvalue weighted by Gasteiger charge is -2.03. The minimum absolute atomic E-state index is 0.0672. The normalized spacial score (nSPS) is 16.5. The van der Waals surface area contributed by atoms with Crippen LogP contribution in [0.4, 0.5) is 0 Å². The second kappa shape index (κ2) is 7.65. The fourth-order valence-electron chi connectivity index (χ4n) is 2.40. The Morgan fingerprint density at radius 3 is 2.57 bits per heavy atom. The van der Waals surface area contributed by atoms with Gasteiger partial charge in [0.05, 0.1) is 13.0 Å². The molecule has 0 bridgehead atoms. The molecule has 0 aliphatic carbocycles. The maximum atomic E-state index is 10.5. The molecule has 1 aliphatic rings. The number of hydrogen-bond donors (Lipinski definition) is 3. The second-order valence-corrected chi connectivity index (χ2v) is 5.53. The summed E-state index contributed by atoms with van der Waals surface area (Å²) in [7, 11) is 0. The number of rotatable bonds is 3. The number of ether oxygens (including phenoxy) is 1. The van der Waals surface area contributed by atoms with Gasteiger partial charge in [-0.15, -0.1) is 0 Å². The van der Waals surface area contributed by atoms with Crippen LogP contribution in [0, 0.1) is 0 Å². The second-order valence-electron chi connectivity index (χ2n) is 5.53. The summed E-state index contributed by atoms with van der Waals surface area (Å²) in [5.41, 5.74) is 7.67. The van der Waals surface area contributed by atoms with E-state index in [0.717, 1.165) is 5.56 Å². The van der Waals surface area contributed by atoms with Crippen LogP contribution in [0.25, 0.3) is 0 Å². The molecular weight excluding hydrogens is 294 g/mol. The van der Waals surface area contributed by atoms with Crippen LogP contribution in [0.1, 0.15) is 36.4 Å². The van der Waals surface area contributed by atoms with E-state index in [1.165, 1.54) is 11.6 Å². The van der Waals surface area contributed by atoms with Gasteiger partial charge in [-0.05, 0) is 18.6 Å². The van der Waals surface area contributed by atoms with E-state index in [-0.39, 0.29) is 24.1 Å². The van der Waals surface area contributed by atoms with Crippen molar-refractivity contribution in [3.05, 3.63) is 59.7 Å². The van der Waals surface area contributed by atoms with Gasteiger partial charge < -0.3 is 20.7 Å². The van der Waals surface area contributed by atoms with Gasteiger partial charge in [-0.2, -0.15) is 0 Å². The molecule has 0 saturated heterocycles. The molecule has 2 aromatic rings. The number of aliphatic carboxylic acids is 1. The summed E-state index contributed by atoms with van der Waals surface area (Å²) >= 11 is 0. The summed E-state index contributed by atoms with van der Waals surface area (Å²) in [6.07, 6.45) is 0.0672. The molecular formula is C18H21NO4. The topological polar surface area (TPSA) is 92.8 Å². The summed E-state index contributed by atoms with van der Waals surface area (Å²) in [5, 5.41) is 17.8. The van der Waals surface area contributed by atoms with Crippen molar-refractivity contribution in [2.45, 2.75) is 25.3 Å². The quantitative estimate of drug-likeness (QED) is 0.809. The monoisotopic (exact) mass is 315 g/mol. The zero-order valence-corrected chi connectivity index (χ0v) is 13.0. The first-order chi connectivity index (χ1) is 11.0. The van der Waals surface area contributed by atoms with E-state index in [4.69, 9.17) is 20.7 Å². The Morgan fingerprint density at radius 1 is 1.30 bits per heavy atom. The average Bonchev–Trinajstić information content (AvgIpc) is 2.90. The highest BCUT2D eigenvalue weighted by atomic mass is 16.5. The Balaban J connectivity index is 0.000000185. The van der Waals surface area contributed by atoms with Crippen molar-refractivity contribution in [2.24, 2.45) is 5.73 Å². The summed E-state index contributed by atoms with van der Waals surface area (Å²) in [5.74, 6) is -0.196. The van der Waals surface area contributed by atoms with Crippen molar-refractivity contribution >= 4 is 5.97 Å². The first-order valence-electron chi connectivity index (χ1n) is 7.45. The van der Waals surface area contributed by atoms with Gasteiger partial charge in [-0.1, -0.05) is 36.4 Å². The summed E-state index contributed by atoms with van der Waals surface area (Å²) in [4.78, 5) is 10.5. The molecule has 0 radical (unpaired) electrons. The highest BCUT2D eigenvalue weighted by Gasteiger charge is 2.26. The lowest BCUT2D eigenvalue weighted by Crippen LogP contribution is -2.07. The SMILES string of the molecule is CC(N)c1ccccc1.O=C(O)CC1COc2cc(O)ccc21. The van der Waals surface area contributed by atoms with Crippen molar-refractivity contribution < 1.29 is 19.7 Å². The molecule has 23 heavy (non-hydrogen) atoms. The molecule has 1 heterocycles. The molecule has 122 valence electrons. The van der Waals surface area contributed by atoms with Crippen molar-refractivity contribution in [3.63, 3.8) is 0 Å². The van der Waals surface area contributed by atoms with E-state index >= 15 is 0 Å². The lowest BCUT2D eigenvalue weighted by molar-refractivity contribution is -0.137. The predicted molar refractivity (Wildman–Crippen MR) is 87.6 cm³/mol. The molecule has 1 aliphatic heterocycles. The number of hydrogen-bond acceptors (Lipinski definition) is 4. The zero-order chi connectivity index (χ0) is 16.8. The lowest BCUT2D eigenvalue weighted by atomic mass is 9.98. The van der Waals surface area contributed by atoms with Gasteiger partial charge in [-0.25, -0.2) is 0 Å². The maximum Gasteiger partial charge on any atom is 0.304 e. The fraction of sp³-hybridized carbons (Fsp3) is 0.278. The third kappa shape index (κ3) is 4.72. The number of carbonyl (C=O) groups is 1. The third-order valence-electron chi connectivity index (χ3n) is 3.62. The van der Waals surface area contributed by atoms with Gasteiger partial charge in [0.15, 0.2) is 0 Å². The van der Waals surface area contributed by atoms with Gasteiger partial charge >= 0.3 is 5.97 Å². The molecule has 5 nitrogen and oxygen atoms in total. The third-order valence-corrected chi connectivity index (χ3v) is 3.62. The standard InChI is InChI=1S/C10H10O4.C8H11N/c11-7-1-2-8-6(3-10(12)13)5-14-9(8)4-7;1-7(9)8-5-3-2-4-6-8/h1-2,4,6,11H,3,5H2,(H,12,13);2-7H,9H2,1H3. The highest BCUT2D eigenvalue weighted by Crippen LogP contribution is 2.37. The van der Waals surface area contributed by atoms with Crippen LogP contribution in [-0.4, -0.2) is 22.8 Å². The first-order valence-corrected chi connectivity index (χ1v) is 7.45. The number of carboxylic acid groups (broad SMARTS) is 1. The number of phenolic OH excluding ortho intramolecular Hbond substituents is 1. The zero-order valence-electron chi connectivity index (χ0n) is 13.0. The number of nitrogens with two attached hydrogens (primary N) is 1. The Morgan fingerprint density at radius 2 is 2.00 bits per heavy atom. The van der Waals surface area contributed by atoms with Gasteiger partial charge in [0.25, 0.3) is 0 Å². The number of phenols is 1. The van der Waals surface area contributed by atoms with Crippen LogP contribution in [-0.2, 0) is 4.79 Å². The minimum atomic E-state index is -0.834. The molecule has 0 aromatic heterocycles. The summed E-state index contributed by atoms with van der Waals surface area (Å²) in [6.45, 7) is 2.36. The molecule has 0 fully saturated rings. The first kappa shape index (κ1) is 16.8. The molecule has 2 atom stereocenters. The van der Waals surface area contributed by atoms with Crippen molar-refractivity contribution in [1.29, 1.82) is 0 Å². The number of carboxylic acids is 1. The van der Waals surface area contributed by atoms with Crippen molar-refractivity contribution in [2.75, 3.05) is 6.61 Å². The Hall–Kier alpha value is -2.53. The van der Waals surface area contributed by atoms with Crippen LogP contribution in [0.3, 0.4) is 0 Å². The molecule has 5 heteroatoms. The van der Waals surface area contributed by atoms with Crippen LogP contribution in [0.15, 0.2) is 48.5 Å². The van der Waals surface area contributed by atoms with Gasteiger partial charge in [0.2, 0.25) is 0 Å². The summed E-state index contributed by atoms with van der Waals surface area (Å²) < 4.78 is 5.27. The van der Waals surface area contributed by atoms with Gasteiger partial charge in [0, 0.05) is 23.6 Å². The molecule has 4 N–H and O–H groups in total. The Kier molecular flexibility index (Phi) is 5.60. The molecule has 0 spiro atoms.